The van der Waals surface area contributed by atoms with Crippen LogP contribution in [-0.2, 0) is 0 Å². The summed E-state index contributed by atoms with van der Waals surface area (Å²) < 4.78 is 4.68. The third-order valence-electron chi connectivity index (χ3n) is 16.0. The average Bonchev–Trinajstić information content (AvgIpc) is 3.06. The summed E-state index contributed by atoms with van der Waals surface area (Å²) in [6.45, 7) is 10.7. The van der Waals surface area contributed by atoms with Crippen LogP contribution in [0.25, 0.3) is 110 Å². The molecule has 85 heavy (non-hydrogen) atoms. The maximum atomic E-state index is 2.34. The van der Waals surface area contributed by atoms with Crippen molar-refractivity contribution >= 4 is 75.9 Å². The third-order valence-corrected chi connectivity index (χ3v) is 16.0. The van der Waals surface area contributed by atoms with Gasteiger partial charge in [0.1, 0.15) is 0 Å². The maximum absolute atomic E-state index is 2.34. The first-order valence-electron chi connectivity index (χ1n) is 29.4. The SMILES string of the molecule is Cc1cc(-c2ccccc2)c2ccccc2c1.Cc1cc(-c2ccccc2)cc2ccccc12.Cc1ccc(-n2c3ccccc3c3ccccc32)cc1.Cc1cccc(-n2c3ccccc3c3ccccc32)c1.Cc1cccc2ccccc12. The number of fused-ring (bicyclic) bond motifs is 9. The number of aromatic nitrogens is 2. The smallest absolute Gasteiger partial charge is 0.0541 e. The molecule has 0 saturated carbocycles. The monoisotopic (exact) mass is 1090 g/mol. The van der Waals surface area contributed by atoms with E-state index in [1.807, 2.05) is 0 Å². The molecule has 0 fully saturated rings. The van der Waals surface area contributed by atoms with Gasteiger partial charge in [-0.05, 0) is 166 Å². The Bertz CT molecular complexity index is 4810. The fourth-order valence-electron chi connectivity index (χ4n) is 11.9. The van der Waals surface area contributed by atoms with Crippen molar-refractivity contribution in [2.45, 2.75) is 34.6 Å². The van der Waals surface area contributed by atoms with E-state index in [2.05, 4.69) is 365 Å². The van der Waals surface area contributed by atoms with Crippen molar-refractivity contribution in [3.05, 3.63) is 349 Å². The molecule has 14 aromatic carbocycles. The zero-order valence-electron chi connectivity index (χ0n) is 49.0. The van der Waals surface area contributed by atoms with Crippen molar-refractivity contribution in [3.8, 4) is 33.6 Å². The quantitative estimate of drug-likeness (QED) is 0.166. The van der Waals surface area contributed by atoms with E-state index in [1.54, 1.807) is 0 Å². The van der Waals surface area contributed by atoms with Gasteiger partial charge in [-0.25, -0.2) is 0 Å². The second kappa shape index (κ2) is 25.3. The largest absolute Gasteiger partial charge is 0.309 e. The van der Waals surface area contributed by atoms with Gasteiger partial charge in [-0.2, -0.15) is 0 Å². The zero-order valence-corrected chi connectivity index (χ0v) is 49.0. The lowest BCUT2D eigenvalue weighted by Gasteiger charge is -2.08. The van der Waals surface area contributed by atoms with Gasteiger partial charge in [0.2, 0.25) is 0 Å². The van der Waals surface area contributed by atoms with Crippen LogP contribution in [0.2, 0.25) is 0 Å². The van der Waals surface area contributed by atoms with Crippen molar-refractivity contribution in [2.75, 3.05) is 0 Å². The Labute approximate surface area is 499 Å². The van der Waals surface area contributed by atoms with Gasteiger partial charge >= 0.3 is 0 Å². The molecule has 0 unspecified atom stereocenters. The Kier molecular flexibility index (Phi) is 16.4. The van der Waals surface area contributed by atoms with E-state index in [9.17, 15) is 0 Å². The van der Waals surface area contributed by atoms with Crippen molar-refractivity contribution < 1.29 is 0 Å². The molecular formula is C83H68N2. The van der Waals surface area contributed by atoms with Crippen LogP contribution < -0.4 is 0 Å². The molecule has 0 saturated heterocycles. The molecule has 410 valence electrons. The topological polar surface area (TPSA) is 9.86 Å². The number of para-hydroxylation sites is 4. The van der Waals surface area contributed by atoms with Gasteiger partial charge in [-0.15, -0.1) is 0 Å². The van der Waals surface area contributed by atoms with Crippen molar-refractivity contribution in [1.82, 2.24) is 9.13 Å². The minimum absolute atomic E-state index is 1.22. The zero-order chi connectivity index (χ0) is 58.1. The normalized spacial score (nSPS) is 10.9. The first-order chi connectivity index (χ1) is 41.8. The molecule has 0 spiro atoms. The van der Waals surface area contributed by atoms with E-state index in [0.717, 1.165) is 0 Å². The average molecular weight is 1090 g/mol. The fourth-order valence-corrected chi connectivity index (χ4v) is 11.9. The first kappa shape index (κ1) is 55.0. The second-order valence-electron chi connectivity index (χ2n) is 22.0. The van der Waals surface area contributed by atoms with Crippen molar-refractivity contribution in [1.29, 1.82) is 0 Å². The highest BCUT2D eigenvalue weighted by molar-refractivity contribution is 6.10. The van der Waals surface area contributed by atoms with Crippen LogP contribution in [-0.4, -0.2) is 9.13 Å². The number of hydrogen-bond acceptors (Lipinski definition) is 0. The molecule has 2 heterocycles. The minimum Gasteiger partial charge on any atom is -0.309 e. The van der Waals surface area contributed by atoms with Crippen LogP contribution in [0.3, 0.4) is 0 Å². The minimum atomic E-state index is 1.22. The Morgan fingerprint density at radius 3 is 1.14 bits per heavy atom. The van der Waals surface area contributed by atoms with Crippen LogP contribution in [0.5, 0.6) is 0 Å². The van der Waals surface area contributed by atoms with Crippen LogP contribution in [0.1, 0.15) is 27.8 Å². The number of aryl methyl sites for hydroxylation is 5. The molecule has 16 rings (SSSR count). The molecule has 2 heteroatoms. The summed E-state index contributed by atoms with van der Waals surface area (Å²) in [7, 11) is 0. The number of hydrogen-bond donors (Lipinski definition) is 0. The van der Waals surface area contributed by atoms with Crippen molar-refractivity contribution in [2.24, 2.45) is 0 Å². The highest BCUT2D eigenvalue weighted by atomic mass is 15.0. The molecule has 2 nitrogen and oxygen atoms in total. The third kappa shape index (κ3) is 12.0. The molecule has 0 atom stereocenters. The van der Waals surface area contributed by atoms with Gasteiger partial charge in [-0.3, -0.25) is 0 Å². The Morgan fingerprint density at radius 2 is 0.612 bits per heavy atom. The second-order valence-corrected chi connectivity index (χ2v) is 22.0. The molecule has 16 aromatic rings. The molecule has 0 aliphatic rings. The summed E-state index contributed by atoms with van der Waals surface area (Å²) in [5.41, 5.74) is 19.2. The predicted octanol–water partition coefficient (Wildman–Crippen LogP) is 23.0. The predicted molar refractivity (Wildman–Crippen MR) is 368 cm³/mol. The summed E-state index contributed by atoms with van der Waals surface area (Å²) in [6, 6.07) is 114. The van der Waals surface area contributed by atoms with E-state index in [1.165, 1.54) is 137 Å². The van der Waals surface area contributed by atoms with Crippen LogP contribution in [0.4, 0.5) is 0 Å². The summed E-state index contributed by atoms with van der Waals surface area (Å²) in [4.78, 5) is 0. The molecule has 0 aliphatic carbocycles. The van der Waals surface area contributed by atoms with E-state index in [0.29, 0.717) is 0 Å². The molecule has 0 aliphatic heterocycles. The van der Waals surface area contributed by atoms with Gasteiger partial charge in [0.25, 0.3) is 0 Å². The maximum Gasteiger partial charge on any atom is 0.0541 e. The van der Waals surface area contributed by atoms with Gasteiger partial charge in [-0.1, -0.05) is 272 Å². The van der Waals surface area contributed by atoms with Crippen LogP contribution in [0, 0.1) is 34.6 Å². The van der Waals surface area contributed by atoms with E-state index >= 15 is 0 Å². The van der Waals surface area contributed by atoms with Crippen LogP contribution >= 0.6 is 0 Å². The molecule has 0 amide bonds. The molecule has 0 bridgehead atoms. The number of benzene rings is 14. The summed E-state index contributed by atoms with van der Waals surface area (Å²) in [6.07, 6.45) is 0. The highest BCUT2D eigenvalue weighted by Crippen LogP contribution is 2.35. The summed E-state index contributed by atoms with van der Waals surface area (Å²) in [5, 5.41) is 13.2. The Balaban J connectivity index is 0.000000106. The van der Waals surface area contributed by atoms with E-state index < -0.39 is 0 Å². The number of rotatable bonds is 4. The van der Waals surface area contributed by atoms with E-state index in [-0.39, 0.29) is 0 Å². The van der Waals surface area contributed by atoms with Gasteiger partial charge in [0.15, 0.2) is 0 Å². The van der Waals surface area contributed by atoms with E-state index in [4.69, 9.17) is 0 Å². The lowest BCUT2D eigenvalue weighted by atomic mass is 9.96. The fraction of sp³-hybridized carbons (Fsp3) is 0.0602. The summed E-state index contributed by atoms with van der Waals surface area (Å²) >= 11 is 0. The van der Waals surface area contributed by atoms with Gasteiger partial charge < -0.3 is 9.13 Å². The Hall–Kier alpha value is -10.5. The molecular weight excluding hydrogens is 1020 g/mol. The highest BCUT2D eigenvalue weighted by Gasteiger charge is 2.13. The Morgan fingerprint density at radius 1 is 0.200 bits per heavy atom. The van der Waals surface area contributed by atoms with Crippen LogP contribution in [0.15, 0.2) is 322 Å². The van der Waals surface area contributed by atoms with Gasteiger partial charge in [0, 0.05) is 32.9 Å². The van der Waals surface area contributed by atoms with Gasteiger partial charge in [0.05, 0.1) is 22.1 Å². The first-order valence-corrected chi connectivity index (χ1v) is 29.4. The lowest BCUT2D eigenvalue weighted by molar-refractivity contribution is 1.17. The van der Waals surface area contributed by atoms with Crippen molar-refractivity contribution in [3.63, 3.8) is 0 Å². The number of nitrogens with zero attached hydrogens (tertiary/aromatic N) is 2. The standard InChI is InChI=1S/2C19H15N.2C17H14.C11H10/c1-14-7-6-8-15(13-14)20-18-11-4-2-9-16(18)17-10-3-5-12-19(17)20;1-14-10-12-15(13-11-14)20-18-8-4-2-6-16(18)17-7-3-5-9-19(17)20;1-13-11-16(14-7-3-2-4-8-14)12-15-9-5-6-10-17(13)15;1-13-11-15-9-5-6-10-16(15)17(12-13)14-7-3-2-4-8-14;1-9-5-4-7-10-6-2-3-8-11(9)10/h2*2-13H,1H3;2*2-12H,1H3;2-8H,1H3. The molecule has 0 N–H and O–H groups in total. The molecule has 0 radical (unpaired) electrons. The molecule has 2 aromatic heterocycles. The summed E-state index contributed by atoms with van der Waals surface area (Å²) in [5.74, 6) is 0. The lowest BCUT2D eigenvalue weighted by Crippen LogP contribution is -1.93.